The Morgan fingerprint density at radius 3 is 2.76 bits per heavy atom. The second-order valence-corrected chi connectivity index (χ2v) is 4.44. The molecule has 0 aliphatic carbocycles. The van der Waals surface area contributed by atoms with Gasteiger partial charge in [-0.3, -0.25) is 9.20 Å². The van der Waals surface area contributed by atoms with Gasteiger partial charge in [0.15, 0.2) is 0 Å². The number of ether oxygens (including phenoxy) is 1. The quantitative estimate of drug-likeness (QED) is 0.735. The number of hydrogen-bond acceptors (Lipinski definition) is 4. The fourth-order valence-electron chi connectivity index (χ4n) is 1.96. The topological polar surface area (TPSA) is 67.4 Å². The Kier molecular flexibility index (Phi) is 3.36. The lowest BCUT2D eigenvalue weighted by Gasteiger charge is -2.06. The van der Waals surface area contributed by atoms with Crippen LogP contribution in [0.4, 0.5) is 0 Å². The highest BCUT2D eigenvalue weighted by molar-refractivity contribution is 5.38. The number of nitriles is 1. The van der Waals surface area contributed by atoms with E-state index >= 15 is 0 Å². The molecule has 3 aromatic rings. The third-order valence-electron chi connectivity index (χ3n) is 2.99. The van der Waals surface area contributed by atoms with E-state index in [-0.39, 0.29) is 12.2 Å². The molecule has 5 nitrogen and oxygen atoms in total. The zero-order chi connectivity index (χ0) is 14.7. The van der Waals surface area contributed by atoms with Crippen LogP contribution >= 0.6 is 0 Å². The van der Waals surface area contributed by atoms with Gasteiger partial charge < -0.3 is 4.74 Å². The highest BCUT2D eigenvalue weighted by Gasteiger charge is 2.03. The maximum Gasteiger partial charge on any atom is 0.258 e. The first-order valence-electron chi connectivity index (χ1n) is 6.36. The third kappa shape index (κ3) is 2.74. The smallest absolute Gasteiger partial charge is 0.258 e. The van der Waals surface area contributed by atoms with Crippen molar-refractivity contribution >= 4 is 5.65 Å². The summed E-state index contributed by atoms with van der Waals surface area (Å²) in [4.78, 5) is 16.3. The van der Waals surface area contributed by atoms with E-state index in [1.165, 1.54) is 10.5 Å². The van der Waals surface area contributed by atoms with Gasteiger partial charge in [-0.25, -0.2) is 4.98 Å². The van der Waals surface area contributed by atoms with Crippen LogP contribution in [0, 0.1) is 11.3 Å². The summed E-state index contributed by atoms with van der Waals surface area (Å²) in [5, 5.41) is 8.73. The number of fused-ring (bicyclic) bond motifs is 1. The van der Waals surface area contributed by atoms with Gasteiger partial charge in [0.05, 0.1) is 17.3 Å². The first-order valence-corrected chi connectivity index (χ1v) is 6.36. The Morgan fingerprint density at radius 1 is 1.19 bits per heavy atom. The lowest BCUT2D eigenvalue weighted by molar-refractivity contribution is 0.301. The fraction of sp³-hybridized carbons (Fsp3) is 0.0625. The lowest BCUT2D eigenvalue weighted by Crippen LogP contribution is -2.16. The van der Waals surface area contributed by atoms with Crippen molar-refractivity contribution in [3.05, 3.63) is 76.3 Å². The van der Waals surface area contributed by atoms with E-state index in [1.807, 2.05) is 12.1 Å². The van der Waals surface area contributed by atoms with Gasteiger partial charge in [0.25, 0.3) is 5.56 Å². The maximum absolute atomic E-state index is 11.9. The molecule has 2 aromatic heterocycles. The van der Waals surface area contributed by atoms with Gasteiger partial charge in [-0.2, -0.15) is 5.26 Å². The Balaban J connectivity index is 1.81. The Morgan fingerprint density at radius 2 is 2.00 bits per heavy atom. The first kappa shape index (κ1) is 12.9. The van der Waals surface area contributed by atoms with Gasteiger partial charge in [-0.1, -0.05) is 6.07 Å². The summed E-state index contributed by atoms with van der Waals surface area (Å²) >= 11 is 0. The SMILES string of the molecule is N#Cc1ccc(OCc2cc(=O)n3ccccc3n2)cc1. The predicted octanol–water partition coefficient (Wildman–Crippen LogP) is 2.15. The minimum Gasteiger partial charge on any atom is -0.487 e. The van der Waals surface area contributed by atoms with Crippen LogP contribution in [0.2, 0.25) is 0 Å². The molecule has 1 aromatic carbocycles. The van der Waals surface area contributed by atoms with Crippen LogP contribution in [0.3, 0.4) is 0 Å². The number of pyridine rings is 1. The van der Waals surface area contributed by atoms with E-state index < -0.39 is 0 Å². The van der Waals surface area contributed by atoms with Crippen molar-refractivity contribution in [1.29, 1.82) is 5.26 Å². The highest BCUT2D eigenvalue weighted by atomic mass is 16.5. The van der Waals surface area contributed by atoms with Crippen LogP contribution in [-0.4, -0.2) is 9.38 Å². The minimum absolute atomic E-state index is 0.140. The molecule has 5 heteroatoms. The molecule has 21 heavy (non-hydrogen) atoms. The van der Waals surface area contributed by atoms with Gasteiger partial charge in [-0.15, -0.1) is 0 Å². The van der Waals surface area contributed by atoms with E-state index in [9.17, 15) is 4.79 Å². The van der Waals surface area contributed by atoms with Crippen LogP contribution in [0.5, 0.6) is 5.75 Å². The molecule has 0 aliphatic rings. The molecule has 0 radical (unpaired) electrons. The minimum atomic E-state index is -0.140. The number of aromatic nitrogens is 2. The summed E-state index contributed by atoms with van der Waals surface area (Å²) in [6, 6.07) is 15.7. The molecule has 0 saturated heterocycles. The van der Waals surface area contributed by atoms with Crippen LogP contribution in [0.1, 0.15) is 11.3 Å². The van der Waals surface area contributed by atoms with Crippen molar-refractivity contribution in [3.8, 4) is 11.8 Å². The van der Waals surface area contributed by atoms with Gasteiger partial charge in [0, 0.05) is 12.3 Å². The number of hydrogen-bond donors (Lipinski definition) is 0. The van der Waals surface area contributed by atoms with Gasteiger partial charge in [0.1, 0.15) is 18.0 Å². The van der Waals surface area contributed by atoms with Crippen molar-refractivity contribution in [2.75, 3.05) is 0 Å². The van der Waals surface area contributed by atoms with E-state index in [4.69, 9.17) is 10.00 Å². The van der Waals surface area contributed by atoms with Crippen LogP contribution in [-0.2, 0) is 6.61 Å². The zero-order valence-electron chi connectivity index (χ0n) is 11.1. The molecule has 0 fully saturated rings. The van der Waals surface area contributed by atoms with Gasteiger partial charge in [0.2, 0.25) is 0 Å². The summed E-state index contributed by atoms with van der Waals surface area (Å²) in [5.41, 5.74) is 1.59. The van der Waals surface area contributed by atoms with Crippen molar-refractivity contribution < 1.29 is 4.74 Å². The molecule has 0 atom stereocenters. The molecular formula is C16H11N3O2. The second-order valence-electron chi connectivity index (χ2n) is 4.44. The molecule has 0 N–H and O–H groups in total. The molecule has 0 unspecified atom stereocenters. The van der Waals surface area contributed by atoms with E-state index in [1.54, 1.807) is 42.6 Å². The monoisotopic (exact) mass is 277 g/mol. The molecule has 102 valence electrons. The number of nitrogens with zero attached hydrogens (tertiary/aromatic N) is 3. The highest BCUT2D eigenvalue weighted by Crippen LogP contribution is 2.13. The summed E-state index contributed by atoms with van der Waals surface area (Å²) in [6.45, 7) is 0.201. The number of rotatable bonds is 3. The molecule has 0 spiro atoms. The van der Waals surface area contributed by atoms with E-state index in [2.05, 4.69) is 4.98 Å². The largest absolute Gasteiger partial charge is 0.487 e. The lowest BCUT2D eigenvalue weighted by atomic mass is 10.2. The average molecular weight is 277 g/mol. The summed E-state index contributed by atoms with van der Waals surface area (Å²) in [5.74, 6) is 0.629. The first-order chi connectivity index (χ1) is 10.3. The van der Waals surface area contributed by atoms with Crippen LogP contribution in [0.25, 0.3) is 5.65 Å². The summed E-state index contributed by atoms with van der Waals surface area (Å²) < 4.78 is 7.05. The van der Waals surface area contributed by atoms with E-state index in [0.717, 1.165) is 0 Å². The Hall–Kier alpha value is -3.13. The molecule has 2 heterocycles. The third-order valence-corrected chi connectivity index (χ3v) is 2.99. The fourth-order valence-corrected chi connectivity index (χ4v) is 1.96. The van der Waals surface area contributed by atoms with Gasteiger partial charge in [-0.05, 0) is 36.4 Å². The second kappa shape index (κ2) is 5.47. The maximum atomic E-state index is 11.9. The van der Waals surface area contributed by atoms with E-state index in [0.29, 0.717) is 22.7 Å². The van der Waals surface area contributed by atoms with Crippen LogP contribution in [0.15, 0.2) is 59.5 Å². The average Bonchev–Trinajstić information content (AvgIpc) is 2.53. The van der Waals surface area contributed by atoms with Gasteiger partial charge >= 0.3 is 0 Å². The standard InChI is InChI=1S/C16H11N3O2/c17-10-12-4-6-14(7-5-12)21-11-13-9-16(20)19-8-2-1-3-15(19)18-13/h1-9H,11H2. The molecule has 0 amide bonds. The number of benzene rings is 1. The molecule has 0 saturated carbocycles. The van der Waals surface area contributed by atoms with Crippen molar-refractivity contribution in [1.82, 2.24) is 9.38 Å². The molecular weight excluding hydrogens is 266 g/mol. The predicted molar refractivity (Wildman–Crippen MR) is 77.0 cm³/mol. The van der Waals surface area contributed by atoms with Crippen molar-refractivity contribution in [3.63, 3.8) is 0 Å². The molecule has 0 bridgehead atoms. The zero-order valence-corrected chi connectivity index (χ0v) is 11.1. The summed E-state index contributed by atoms with van der Waals surface area (Å²) in [7, 11) is 0. The van der Waals surface area contributed by atoms with Crippen molar-refractivity contribution in [2.24, 2.45) is 0 Å². The Bertz CT molecular complexity index is 876. The summed E-state index contributed by atoms with van der Waals surface area (Å²) in [6.07, 6.45) is 1.68. The molecule has 0 aliphatic heterocycles. The van der Waals surface area contributed by atoms with Crippen LogP contribution < -0.4 is 10.3 Å². The van der Waals surface area contributed by atoms with Crippen molar-refractivity contribution in [2.45, 2.75) is 6.61 Å². The Labute approximate surface area is 120 Å². The molecule has 3 rings (SSSR count). The normalized spacial score (nSPS) is 10.2.